The summed E-state index contributed by atoms with van der Waals surface area (Å²) in [5.41, 5.74) is 0.655. The van der Waals surface area contributed by atoms with Crippen molar-refractivity contribution in [3.05, 3.63) is 82.9 Å². The number of halogens is 4. The van der Waals surface area contributed by atoms with Crippen LogP contribution < -0.4 is 0 Å². The highest BCUT2D eigenvalue weighted by atomic mass is 19.2. The number of benzene rings is 2. The highest BCUT2D eigenvalue weighted by Gasteiger charge is 2.01. The molecule has 0 aliphatic carbocycles. The van der Waals surface area contributed by atoms with Gasteiger partial charge in [-0.2, -0.15) is 0 Å². The Morgan fingerprint density at radius 3 is 1.45 bits per heavy atom. The van der Waals surface area contributed by atoms with Crippen LogP contribution in [0.2, 0.25) is 0 Å². The van der Waals surface area contributed by atoms with Crippen molar-refractivity contribution in [2.45, 2.75) is 0 Å². The Morgan fingerprint density at radius 2 is 1.09 bits per heavy atom. The molecule has 0 aromatic heterocycles. The molecule has 0 heterocycles. The van der Waals surface area contributed by atoms with Gasteiger partial charge in [-0.3, -0.25) is 4.79 Å². The first-order valence-corrected chi connectivity index (χ1v) is 6.26. The van der Waals surface area contributed by atoms with E-state index in [9.17, 15) is 22.4 Å². The van der Waals surface area contributed by atoms with Gasteiger partial charge in [0.05, 0.1) is 0 Å². The zero-order valence-corrected chi connectivity index (χ0v) is 11.2. The van der Waals surface area contributed by atoms with Crippen LogP contribution in [0.25, 0.3) is 12.2 Å². The van der Waals surface area contributed by atoms with Crippen LogP contribution in [0.4, 0.5) is 17.6 Å². The second-order valence-electron chi connectivity index (χ2n) is 4.42. The quantitative estimate of drug-likeness (QED) is 0.599. The van der Waals surface area contributed by atoms with Crippen LogP contribution in [0.5, 0.6) is 0 Å². The first-order valence-electron chi connectivity index (χ1n) is 6.26. The van der Waals surface area contributed by atoms with Crippen LogP contribution in [-0.2, 0) is 4.79 Å². The molecule has 2 aromatic carbocycles. The van der Waals surface area contributed by atoms with Crippen LogP contribution in [0.3, 0.4) is 0 Å². The molecule has 0 saturated carbocycles. The Morgan fingerprint density at radius 1 is 0.682 bits per heavy atom. The van der Waals surface area contributed by atoms with Gasteiger partial charge in [-0.05, 0) is 47.5 Å². The molecule has 112 valence electrons. The van der Waals surface area contributed by atoms with Gasteiger partial charge < -0.3 is 0 Å². The summed E-state index contributed by atoms with van der Waals surface area (Å²) in [5.74, 6) is -4.39. The molecule has 0 aliphatic rings. The van der Waals surface area contributed by atoms with E-state index in [0.29, 0.717) is 11.1 Å². The standard InChI is InChI=1S/C17H10F4O/c18-14-7-3-11(9-16(14)20)1-5-13(22)6-2-12-4-8-15(19)17(21)10-12/h1-10H. The minimum atomic E-state index is -1.01. The van der Waals surface area contributed by atoms with Gasteiger partial charge in [-0.1, -0.05) is 24.3 Å². The normalized spacial score (nSPS) is 11.5. The zero-order chi connectivity index (χ0) is 16.1. The highest BCUT2D eigenvalue weighted by Crippen LogP contribution is 2.11. The van der Waals surface area contributed by atoms with Crippen molar-refractivity contribution in [3.63, 3.8) is 0 Å². The lowest BCUT2D eigenvalue weighted by Gasteiger charge is -1.95. The number of allylic oxidation sites excluding steroid dienone is 2. The molecule has 0 amide bonds. The van der Waals surface area contributed by atoms with Crippen LogP contribution in [-0.4, -0.2) is 5.78 Å². The molecule has 0 radical (unpaired) electrons. The Bertz CT molecular complexity index is 700. The third-order valence-electron chi connectivity index (χ3n) is 2.77. The van der Waals surface area contributed by atoms with Crippen molar-refractivity contribution in [2.75, 3.05) is 0 Å². The van der Waals surface area contributed by atoms with E-state index < -0.39 is 29.1 Å². The van der Waals surface area contributed by atoms with E-state index in [-0.39, 0.29) is 0 Å². The average Bonchev–Trinajstić information content (AvgIpc) is 2.49. The van der Waals surface area contributed by atoms with E-state index in [0.717, 1.165) is 36.4 Å². The van der Waals surface area contributed by atoms with E-state index >= 15 is 0 Å². The number of carbonyl (C=O) groups is 1. The van der Waals surface area contributed by atoms with Gasteiger partial charge in [0.25, 0.3) is 0 Å². The Balaban J connectivity index is 2.05. The van der Waals surface area contributed by atoms with E-state index in [1.54, 1.807) is 0 Å². The van der Waals surface area contributed by atoms with Gasteiger partial charge in [0, 0.05) is 0 Å². The summed E-state index contributed by atoms with van der Waals surface area (Å²) in [5, 5.41) is 0. The SMILES string of the molecule is O=C(C=Cc1ccc(F)c(F)c1)C=Cc1ccc(F)c(F)c1. The fraction of sp³-hybridized carbons (Fsp3) is 0. The summed E-state index contributed by atoms with van der Waals surface area (Å²) < 4.78 is 51.4. The van der Waals surface area contributed by atoms with E-state index in [2.05, 4.69) is 0 Å². The van der Waals surface area contributed by atoms with Crippen LogP contribution >= 0.6 is 0 Å². The summed E-state index contributed by atoms with van der Waals surface area (Å²) in [4.78, 5) is 11.6. The summed E-state index contributed by atoms with van der Waals surface area (Å²) in [6, 6.07) is 6.46. The Hall–Kier alpha value is -2.69. The van der Waals surface area contributed by atoms with Gasteiger partial charge >= 0.3 is 0 Å². The maximum Gasteiger partial charge on any atom is 0.178 e. The molecule has 1 nitrogen and oxygen atoms in total. The minimum Gasteiger partial charge on any atom is -0.290 e. The number of ketones is 1. The van der Waals surface area contributed by atoms with Crippen LogP contribution in [0.1, 0.15) is 11.1 Å². The Labute approximate surface area is 124 Å². The maximum atomic E-state index is 13.0. The molecular formula is C17H10F4O. The molecular weight excluding hydrogens is 296 g/mol. The fourth-order valence-corrected chi connectivity index (χ4v) is 1.64. The van der Waals surface area contributed by atoms with Gasteiger partial charge in [-0.15, -0.1) is 0 Å². The lowest BCUT2D eigenvalue weighted by molar-refractivity contribution is -0.110. The number of carbonyl (C=O) groups excluding carboxylic acids is 1. The first kappa shape index (κ1) is 15.7. The summed E-state index contributed by atoms with van der Waals surface area (Å²) in [6.07, 6.45) is 4.95. The topological polar surface area (TPSA) is 17.1 Å². The maximum absolute atomic E-state index is 13.0. The second kappa shape index (κ2) is 6.85. The summed E-state index contributed by atoms with van der Waals surface area (Å²) in [6.45, 7) is 0. The van der Waals surface area contributed by atoms with Crippen molar-refractivity contribution in [1.82, 2.24) is 0 Å². The predicted octanol–water partition coefficient (Wildman–Crippen LogP) is 4.54. The van der Waals surface area contributed by atoms with Crippen LogP contribution in [0, 0.1) is 23.3 Å². The number of hydrogen-bond acceptors (Lipinski definition) is 1. The third kappa shape index (κ3) is 4.15. The molecule has 0 N–H and O–H groups in total. The van der Waals surface area contributed by atoms with Crippen molar-refractivity contribution in [2.24, 2.45) is 0 Å². The third-order valence-corrected chi connectivity index (χ3v) is 2.77. The van der Waals surface area contributed by atoms with E-state index in [1.165, 1.54) is 24.3 Å². The molecule has 0 spiro atoms. The Kier molecular flexibility index (Phi) is 4.88. The molecule has 0 bridgehead atoms. The molecule has 0 fully saturated rings. The van der Waals surface area contributed by atoms with Crippen molar-refractivity contribution >= 4 is 17.9 Å². The van der Waals surface area contributed by atoms with E-state index in [1.807, 2.05) is 0 Å². The minimum absolute atomic E-state index is 0.327. The monoisotopic (exact) mass is 306 g/mol. The molecule has 22 heavy (non-hydrogen) atoms. The number of hydrogen-bond donors (Lipinski definition) is 0. The molecule has 5 heteroatoms. The number of rotatable bonds is 4. The van der Waals surface area contributed by atoms with Gasteiger partial charge in [-0.25, -0.2) is 17.6 Å². The lowest BCUT2D eigenvalue weighted by atomic mass is 10.1. The molecule has 2 rings (SSSR count). The average molecular weight is 306 g/mol. The molecule has 2 aromatic rings. The zero-order valence-electron chi connectivity index (χ0n) is 11.2. The molecule has 0 aliphatic heterocycles. The smallest absolute Gasteiger partial charge is 0.178 e. The van der Waals surface area contributed by atoms with E-state index in [4.69, 9.17) is 0 Å². The second-order valence-corrected chi connectivity index (χ2v) is 4.42. The van der Waals surface area contributed by atoms with Crippen molar-refractivity contribution in [3.8, 4) is 0 Å². The summed E-state index contributed by atoms with van der Waals surface area (Å²) in [7, 11) is 0. The highest BCUT2D eigenvalue weighted by molar-refractivity contribution is 6.04. The molecule has 0 saturated heterocycles. The fourth-order valence-electron chi connectivity index (χ4n) is 1.64. The van der Waals surface area contributed by atoms with Gasteiger partial charge in [0.2, 0.25) is 0 Å². The predicted molar refractivity (Wildman–Crippen MR) is 75.8 cm³/mol. The van der Waals surface area contributed by atoms with Gasteiger partial charge in [0.15, 0.2) is 29.1 Å². The van der Waals surface area contributed by atoms with Crippen molar-refractivity contribution in [1.29, 1.82) is 0 Å². The molecule has 0 atom stereocenters. The van der Waals surface area contributed by atoms with Crippen LogP contribution in [0.15, 0.2) is 48.6 Å². The molecule has 0 unspecified atom stereocenters. The summed E-state index contributed by atoms with van der Waals surface area (Å²) >= 11 is 0. The largest absolute Gasteiger partial charge is 0.290 e. The van der Waals surface area contributed by atoms with Crippen molar-refractivity contribution < 1.29 is 22.4 Å². The first-order chi connectivity index (χ1) is 10.5. The van der Waals surface area contributed by atoms with Gasteiger partial charge in [0.1, 0.15) is 0 Å². The lowest BCUT2D eigenvalue weighted by Crippen LogP contribution is -1.88.